The van der Waals surface area contributed by atoms with E-state index in [0.29, 0.717) is 22.1 Å². The number of rotatable bonds is 5. The molecule has 29 heavy (non-hydrogen) atoms. The van der Waals surface area contributed by atoms with Gasteiger partial charge in [-0.05, 0) is 12.1 Å². The second kappa shape index (κ2) is 7.94. The third kappa shape index (κ3) is 3.84. The van der Waals surface area contributed by atoms with E-state index in [1.54, 1.807) is 84.9 Å². The number of Topliss-reactive ketones (excluding diaryl/α,β-unsaturated/α-hetero) is 1. The number of ether oxygens (including phenoxy) is 1. The quantitative estimate of drug-likeness (QED) is 0.286. The average Bonchev–Trinajstić information content (AvgIpc) is 2.77. The van der Waals surface area contributed by atoms with Gasteiger partial charge in [-0.3, -0.25) is 4.79 Å². The van der Waals surface area contributed by atoms with Gasteiger partial charge in [-0.2, -0.15) is 0 Å². The van der Waals surface area contributed by atoms with Crippen LogP contribution in [0.2, 0.25) is 0 Å². The normalized spacial score (nSPS) is 11.7. The Hall–Kier alpha value is -3.99. The summed E-state index contributed by atoms with van der Waals surface area (Å²) >= 11 is 0. The first kappa shape index (κ1) is 18.4. The molecule has 0 aliphatic rings. The number of para-hydroxylation sites is 1. The van der Waals surface area contributed by atoms with E-state index in [4.69, 9.17) is 9.15 Å². The summed E-state index contributed by atoms with van der Waals surface area (Å²) in [5.41, 5.74) is 0.215. The van der Waals surface area contributed by atoms with E-state index in [1.807, 2.05) is 0 Å². The van der Waals surface area contributed by atoms with Gasteiger partial charge in [0.05, 0.1) is 0 Å². The molecule has 0 unspecified atom stereocenters. The van der Waals surface area contributed by atoms with Crippen molar-refractivity contribution < 1.29 is 18.7 Å². The van der Waals surface area contributed by atoms with Gasteiger partial charge in [-0.15, -0.1) is 0 Å². The molecule has 3 aromatic carbocycles. The summed E-state index contributed by atoms with van der Waals surface area (Å²) in [6.07, 6.45) is -1.18. The van der Waals surface area contributed by atoms with Crippen molar-refractivity contribution in [2.75, 3.05) is 0 Å². The van der Waals surface area contributed by atoms with Crippen LogP contribution in [-0.2, 0) is 4.74 Å². The lowest BCUT2D eigenvalue weighted by Gasteiger charge is -2.17. The Balaban J connectivity index is 1.71. The summed E-state index contributed by atoms with van der Waals surface area (Å²) in [5.74, 6) is -1.29. The fourth-order valence-electron chi connectivity index (χ4n) is 3.03. The van der Waals surface area contributed by atoms with E-state index in [1.165, 1.54) is 6.07 Å². The molecule has 5 nitrogen and oxygen atoms in total. The van der Waals surface area contributed by atoms with Gasteiger partial charge in [0.1, 0.15) is 11.1 Å². The molecule has 0 saturated carbocycles. The van der Waals surface area contributed by atoms with Crippen molar-refractivity contribution in [1.29, 1.82) is 0 Å². The van der Waals surface area contributed by atoms with Crippen molar-refractivity contribution in [2.24, 2.45) is 0 Å². The average molecular weight is 384 g/mol. The second-order valence-electron chi connectivity index (χ2n) is 6.41. The van der Waals surface area contributed by atoms with Crippen molar-refractivity contribution >= 4 is 22.7 Å². The minimum atomic E-state index is -1.18. The van der Waals surface area contributed by atoms with E-state index in [-0.39, 0.29) is 11.3 Å². The number of esters is 1. The van der Waals surface area contributed by atoms with E-state index in [0.717, 1.165) is 0 Å². The maximum absolute atomic E-state index is 13.0. The van der Waals surface area contributed by atoms with Gasteiger partial charge in [0, 0.05) is 16.5 Å². The Morgan fingerprint density at radius 2 is 1.41 bits per heavy atom. The maximum atomic E-state index is 13.0. The van der Waals surface area contributed by atoms with Gasteiger partial charge < -0.3 is 9.15 Å². The Morgan fingerprint density at radius 3 is 2.14 bits per heavy atom. The predicted octanol–water partition coefficient (Wildman–Crippen LogP) is 4.57. The highest BCUT2D eigenvalue weighted by Gasteiger charge is 2.28. The topological polar surface area (TPSA) is 73.6 Å². The molecule has 0 amide bonds. The Bertz CT molecular complexity index is 1230. The summed E-state index contributed by atoms with van der Waals surface area (Å²) in [6, 6.07) is 25.5. The fourth-order valence-corrected chi connectivity index (χ4v) is 3.03. The maximum Gasteiger partial charge on any atom is 0.351 e. The number of ketones is 1. The van der Waals surface area contributed by atoms with Crippen LogP contribution in [0, 0.1) is 0 Å². The highest BCUT2D eigenvalue weighted by molar-refractivity contribution is 6.02. The van der Waals surface area contributed by atoms with Gasteiger partial charge in [0.15, 0.2) is 6.10 Å². The first-order valence-electron chi connectivity index (χ1n) is 9.01. The standard InChI is InChI=1S/C24H16O5/c25-21(16-9-3-1-4-10-16)22(17-11-5-2-6-12-17)29-24(27)19-15-18-13-7-8-14-20(18)28-23(19)26/h1-15,22H/t22-/m0/s1. The van der Waals surface area contributed by atoms with Crippen LogP contribution in [0.3, 0.4) is 0 Å². The van der Waals surface area contributed by atoms with Gasteiger partial charge in [-0.1, -0.05) is 78.9 Å². The van der Waals surface area contributed by atoms with Gasteiger partial charge in [0.25, 0.3) is 0 Å². The SMILES string of the molecule is O=C(O[C@H](C(=O)c1ccccc1)c1ccccc1)c1cc2ccccc2oc1=O. The zero-order valence-corrected chi connectivity index (χ0v) is 15.3. The van der Waals surface area contributed by atoms with Crippen LogP contribution in [0.15, 0.2) is 100 Å². The van der Waals surface area contributed by atoms with Crippen LogP contribution >= 0.6 is 0 Å². The highest BCUT2D eigenvalue weighted by atomic mass is 16.5. The number of benzene rings is 3. The zero-order valence-electron chi connectivity index (χ0n) is 15.3. The molecule has 0 N–H and O–H groups in total. The molecule has 0 saturated heterocycles. The lowest BCUT2D eigenvalue weighted by Crippen LogP contribution is -2.23. The monoisotopic (exact) mass is 384 g/mol. The number of carbonyl (C=O) groups is 2. The van der Waals surface area contributed by atoms with E-state index in [9.17, 15) is 14.4 Å². The molecular formula is C24H16O5. The molecular weight excluding hydrogens is 368 g/mol. The molecule has 5 heteroatoms. The second-order valence-corrected chi connectivity index (χ2v) is 6.41. The third-order valence-electron chi connectivity index (χ3n) is 4.48. The third-order valence-corrected chi connectivity index (χ3v) is 4.48. The zero-order chi connectivity index (χ0) is 20.2. The molecule has 1 atom stereocenters. The molecule has 0 aliphatic carbocycles. The Morgan fingerprint density at radius 1 is 0.793 bits per heavy atom. The lowest BCUT2D eigenvalue weighted by molar-refractivity contribution is 0.0276. The molecule has 0 fully saturated rings. The van der Waals surface area contributed by atoms with Crippen molar-refractivity contribution in [3.8, 4) is 0 Å². The summed E-state index contributed by atoms with van der Waals surface area (Å²) in [6.45, 7) is 0. The largest absolute Gasteiger partial charge is 0.445 e. The number of hydrogen-bond donors (Lipinski definition) is 0. The van der Waals surface area contributed by atoms with Gasteiger partial charge >= 0.3 is 11.6 Å². The van der Waals surface area contributed by atoms with E-state index < -0.39 is 17.7 Å². The van der Waals surface area contributed by atoms with Crippen LogP contribution in [0.25, 0.3) is 11.0 Å². The molecule has 4 aromatic rings. The van der Waals surface area contributed by atoms with Crippen LogP contribution in [0.5, 0.6) is 0 Å². The minimum Gasteiger partial charge on any atom is -0.445 e. The molecule has 1 aromatic heterocycles. The molecule has 0 radical (unpaired) electrons. The van der Waals surface area contributed by atoms with E-state index in [2.05, 4.69) is 0 Å². The smallest absolute Gasteiger partial charge is 0.351 e. The highest BCUT2D eigenvalue weighted by Crippen LogP contribution is 2.24. The summed E-state index contributed by atoms with van der Waals surface area (Å²) in [4.78, 5) is 38.1. The predicted molar refractivity (Wildman–Crippen MR) is 108 cm³/mol. The first-order chi connectivity index (χ1) is 14.1. The molecule has 1 heterocycles. The number of carbonyl (C=O) groups excluding carboxylic acids is 2. The van der Waals surface area contributed by atoms with Crippen LogP contribution < -0.4 is 5.63 Å². The van der Waals surface area contributed by atoms with Crippen LogP contribution in [0.4, 0.5) is 0 Å². The van der Waals surface area contributed by atoms with Crippen molar-refractivity contribution in [2.45, 2.75) is 6.10 Å². The molecule has 4 rings (SSSR count). The molecule has 142 valence electrons. The number of fused-ring (bicyclic) bond motifs is 1. The van der Waals surface area contributed by atoms with Gasteiger partial charge in [0.2, 0.25) is 5.78 Å². The van der Waals surface area contributed by atoms with Crippen molar-refractivity contribution in [3.05, 3.63) is 118 Å². The number of hydrogen-bond acceptors (Lipinski definition) is 5. The summed E-state index contributed by atoms with van der Waals surface area (Å²) in [5, 5.41) is 0.588. The van der Waals surface area contributed by atoms with Crippen LogP contribution in [-0.4, -0.2) is 11.8 Å². The van der Waals surface area contributed by atoms with E-state index >= 15 is 0 Å². The molecule has 0 bridgehead atoms. The minimum absolute atomic E-state index is 0.259. The van der Waals surface area contributed by atoms with Crippen LogP contribution in [0.1, 0.15) is 32.4 Å². The molecule has 0 aliphatic heterocycles. The fraction of sp³-hybridized carbons (Fsp3) is 0.0417. The van der Waals surface area contributed by atoms with Crippen molar-refractivity contribution in [1.82, 2.24) is 0 Å². The summed E-state index contributed by atoms with van der Waals surface area (Å²) in [7, 11) is 0. The van der Waals surface area contributed by atoms with Gasteiger partial charge in [-0.25, -0.2) is 9.59 Å². The Labute approximate surface area is 166 Å². The Kier molecular flexibility index (Phi) is 5.03. The summed E-state index contributed by atoms with van der Waals surface area (Å²) < 4.78 is 10.7. The molecule has 0 spiro atoms. The van der Waals surface area contributed by atoms with Crippen molar-refractivity contribution in [3.63, 3.8) is 0 Å². The first-order valence-corrected chi connectivity index (χ1v) is 9.01. The lowest BCUT2D eigenvalue weighted by atomic mass is 10.00.